The van der Waals surface area contributed by atoms with Crippen molar-refractivity contribution in [2.24, 2.45) is 0 Å². The Bertz CT molecular complexity index is 257. The summed E-state index contributed by atoms with van der Waals surface area (Å²) in [5, 5.41) is 0. The molecule has 1 aromatic carbocycles. The SMILES string of the molecule is [2H]CCCC.[B]CC[B]Cc1ccc(C)cc1. The smallest absolute Gasteiger partial charge is 0.0955 e. The third-order valence-electron chi connectivity index (χ3n) is 2.22. The number of unbranched alkanes of at least 4 members (excludes halogenated alkanes) is 1. The van der Waals surface area contributed by atoms with E-state index in [1.54, 1.807) is 0 Å². The Morgan fingerprint density at radius 3 is 2.38 bits per heavy atom. The van der Waals surface area contributed by atoms with Crippen molar-refractivity contribution >= 4 is 15.1 Å². The molecule has 0 bridgehead atoms. The zero-order chi connectivity index (χ0) is 12.9. The maximum absolute atomic E-state index is 6.60. The van der Waals surface area contributed by atoms with Crippen LogP contribution >= 0.6 is 0 Å². The van der Waals surface area contributed by atoms with Crippen LogP contribution in [-0.4, -0.2) is 15.1 Å². The molecule has 0 aliphatic carbocycles. The number of benzene rings is 1. The third-order valence-corrected chi connectivity index (χ3v) is 2.22. The Hall–Kier alpha value is -0.650. The highest BCUT2D eigenvalue weighted by Crippen LogP contribution is 2.03. The van der Waals surface area contributed by atoms with Crippen molar-refractivity contribution in [3.05, 3.63) is 35.4 Å². The largest absolute Gasteiger partial charge is 0.114 e. The van der Waals surface area contributed by atoms with Crippen LogP contribution in [0, 0.1) is 6.92 Å². The molecule has 0 heterocycles. The van der Waals surface area contributed by atoms with Crippen molar-refractivity contribution in [2.45, 2.75) is 52.5 Å². The molecule has 85 valence electrons. The number of hydrogen-bond donors (Lipinski definition) is 0. The Morgan fingerprint density at radius 1 is 1.25 bits per heavy atom. The van der Waals surface area contributed by atoms with Crippen LogP contribution in [0.2, 0.25) is 12.6 Å². The van der Waals surface area contributed by atoms with E-state index in [2.05, 4.69) is 45.4 Å². The van der Waals surface area contributed by atoms with E-state index in [-0.39, 0.29) is 0 Å². The Labute approximate surface area is 105 Å². The third kappa shape index (κ3) is 8.64. The maximum Gasteiger partial charge on any atom is 0.114 e. The Balaban J connectivity index is 0.000000437. The van der Waals surface area contributed by atoms with Crippen LogP contribution < -0.4 is 0 Å². The second-order valence-corrected chi connectivity index (χ2v) is 3.91. The van der Waals surface area contributed by atoms with Gasteiger partial charge in [0.1, 0.15) is 7.28 Å². The molecule has 0 spiro atoms. The first-order chi connectivity index (χ1) is 8.24. The van der Waals surface area contributed by atoms with Crippen LogP contribution in [0.4, 0.5) is 0 Å². The molecule has 0 fully saturated rings. The molecule has 0 atom stereocenters. The first kappa shape index (κ1) is 13.4. The van der Waals surface area contributed by atoms with Gasteiger partial charge in [0, 0.05) is 1.37 Å². The van der Waals surface area contributed by atoms with Crippen molar-refractivity contribution in [1.82, 2.24) is 0 Å². The van der Waals surface area contributed by atoms with E-state index in [4.69, 9.17) is 9.22 Å². The van der Waals surface area contributed by atoms with Gasteiger partial charge in [-0.15, -0.1) is 0 Å². The number of aryl methyl sites for hydroxylation is 1. The summed E-state index contributed by atoms with van der Waals surface area (Å²) in [6.45, 7) is 4.79. The summed E-state index contributed by atoms with van der Waals surface area (Å²) in [5.41, 5.74) is 2.69. The normalized spacial score (nSPS) is 10.0. The molecule has 0 aromatic heterocycles. The minimum atomic E-state index is 0.594. The molecule has 1 rings (SSSR count). The lowest BCUT2D eigenvalue weighted by Gasteiger charge is -1.99. The molecule has 0 amide bonds. The predicted octanol–water partition coefficient (Wildman–Crippen LogP) is 4.01. The second kappa shape index (κ2) is 10.9. The standard InChI is InChI=1S/C10H13B2.C4H10/c1-9-2-4-10(5-3-9)8-12-7-6-11;1-3-4-2/h2-5H,6-8H2,1H3;3-4H2,1-2H3/i;1D. The van der Waals surface area contributed by atoms with Gasteiger partial charge in [0.25, 0.3) is 0 Å². The van der Waals surface area contributed by atoms with Crippen molar-refractivity contribution in [3.8, 4) is 0 Å². The van der Waals surface area contributed by atoms with E-state index in [1.165, 1.54) is 11.1 Å². The average Bonchev–Trinajstić information content (AvgIpc) is 2.34. The summed E-state index contributed by atoms with van der Waals surface area (Å²) in [6, 6.07) is 8.63. The van der Waals surface area contributed by atoms with Crippen LogP contribution in [0.25, 0.3) is 0 Å². The van der Waals surface area contributed by atoms with Crippen molar-refractivity contribution in [2.75, 3.05) is 0 Å². The van der Waals surface area contributed by atoms with E-state index < -0.39 is 0 Å². The van der Waals surface area contributed by atoms with Crippen molar-refractivity contribution in [3.63, 3.8) is 0 Å². The maximum atomic E-state index is 6.60. The van der Waals surface area contributed by atoms with Crippen molar-refractivity contribution < 1.29 is 1.37 Å². The molecule has 0 saturated carbocycles. The molecule has 1 aromatic rings. The van der Waals surface area contributed by atoms with Crippen LogP contribution in [0.1, 0.15) is 39.2 Å². The molecule has 0 nitrogen and oxygen atoms in total. The number of hydrogen-bond acceptors (Lipinski definition) is 0. The van der Waals surface area contributed by atoms with Gasteiger partial charge < -0.3 is 0 Å². The van der Waals surface area contributed by atoms with Crippen LogP contribution in [0.5, 0.6) is 0 Å². The quantitative estimate of drug-likeness (QED) is 0.513. The van der Waals surface area contributed by atoms with E-state index in [1.807, 2.05) is 0 Å². The van der Waals surface area contributed by atoms with E-state index in [9.17, 15) is 0 Å². The molecule has 2 heteroatoms. The molecule has 16 heavy (non-hydrogen) atoms. The van der Waals surface area contributed by atoms with Gasteiger partial charge in [0.15, 0.2) is 0 Å². The molecular weight excluding hydrogens is 190 g/mol. The van der Waals surface area contributed by atoms with E-state index in [0.717, 1.165) is 31.8 Å². The van der Waals surface area contributed by atoms with Crippen LogP contribution in [0.3, 0.4) is 0 Å². The summed E-state index contributed by atoms with van der Waals surface area (Å²) in [6.07, 6.45) is 5.01. The lowest BCUT2D eigenvalue weighted by atomic mass is 9.65. The first-order valence-electron chi connectivity index (χ1n) is 6.81. The van der Waals surface area contributed by atoms with Crippen molar-refractivity contribution in [1.29, 1.82) is 0 Å². The molecule has 0 aliphatic rings. The van der Waals surface area contributed by atoms with Gasteiger partial charge in [-0.05, 0) is 6.92 Å². The monoisotopic (exact) mass is 214 g/mol. The molecule has 0 saturated heterocycles. The Morgan fingerprint density at radius 2 is 1.94 bits per heavy atom. The fourth-order valence-corrected chi connectivity index (χ4v) is 1.11. The van der Waals surface area contributed by atoms with Crippen LogP contribution in [0.15, 0.2) is 24.3 Å². The number of rotatable bonds is 5. The van der Waals surface area contributed by atoms with Gasteiger partial charge in [-0.1, -0.05) is 81.0 Å². The first-order valence-corrected chi connectivity index (χ1v) is 6.11. The van der Waals surface area contributed by atoms with Gasteiger partial charge in [0.05, 0.1) is 7.85 Å². The van der Waals surface area contributed by atoms with Gasteiger partial charge in [-0.3, -0.25) is 0 Å². The highest BCUT2D eigenvalue weighted by molar-refractivity contribution is 6.36. The summed E-state index contributed by atoms with van der Waals surface area (Å²) >= 11 is 0. The summed E-state index contributed by atoms with van der Waals surface area (Å²) in [4.78, 5) is 0. The Kier molecular flexibility index (Phi) is 9.10. The zero-order valence-corrected chi connectivity index (χ0v) is 10.7. The molecule has 0 N–H and O–H groups in total. The molecule has 0 aliphatic heterocycles. The second-order valence-electron chi connectivity index (χ2n) is 3.91. The lowest BCUT2D eigenvalue weighted by Crippen LogP contribution is -1.95. The fraction of sp³-hybridized carbons (Fsp3) is 0.571. The summed E-state index contributed by atoms with van der Waals surface area (Å²) in [7, 11) is 7.61. The fourth-order valence-electron chi connectivity index (χ4n) is 1.11. The summed E-state index contributed by atoms with van der Waals surface area (Å²) in [5.74, 6) is 0. The van der Waals surface area contributed by atoms with Gasteiger partial charge in [-0.25, -0.2) is 0 Å². The molecule has 0 unspecified atom stereocenters. The highest BCUT2D eigenvalue weighted by Gasteiger charge is 1.92. The molecule has 3 radical (unpaired) electrons. The van der Waals surface area contributed by atoms with Gasteiger partial charge >= 0.3 is 0 Å². The zero-order valence-electron chi connectivity index (χ0n) is 11.7. The van der Waals surface area contributed by atoms with E-state index >= 15 is 0 Å². The topological polar surface area (TPSA) is 0 Å². The minimum Gasteiger partial charge on any atom is -0.0955 e. The minimum absolute atomic E-state index is 0.594. The van der Waals surface area contributed by atoms with E-state index in [0.29, 0.717) is 6.90 Å². The van der Waals surface area contributed by atoms with Gasteiger partial charge in [0.2, 0.25) is 0 Å². The molecular formula is C14H23B2. The average molecular weight is 214 g/mol. The van der Waals surface area contributed by atoms with Crippen LogP contribution in [-0.2, 0) is 6.32 Å². The summed E-state index contributed by atoms with van der Waals surface area (Å²) < 4.78 is 6.60. The predicted molar refractivity (Wildman–Crippen MR) is 76.6 cm³/mol. The lowest BCUT2D eigenvalue weighted by molar-refractivity contribution is 0.886. The van der Waals surface area contributed by atoms with Gasteiger partial charge in [-0.2, -0.15) is 0 Å². The highest BCUT2D eigenvalue weighted by atomic mass is 13.9.